The van der Waals surface area contributed by atoms with E-state index in [1.165, 1.54) is 47.4 Å². The first-order chi connectivity index (χ1) is 16.6. The van der Waals surface area contributed by atoms with Crippen molar-refractivity contribution in [2.45, 2.75) is 13.1 Å². The predicted molar refractivity (Wildman–Crippen MR) is 118 cm³/mol. The van der Waals surface area contributed by atoms with Crippen LogP contribution in [0.1, 0.15) is 32.0 Å². The van der Waals surface area contributed by atoms with Crippen LogP contribution in [-0.4, -0.2) is 64.7 Å². The standard InChI is InChI=1S/C24H22F4N4O3/c1-15-6-7-16(12-19(15)25)22(33)30-8-10-31(11-9-30)23(34)21-20(35-2)14-32(29-21)18-5-3-4-17(13-18)24(26,27)28/h3-7,12-14H,8-11H2,1-2H3. The Balaban J connectivity index is 1.48. The van der Waals surface area contributed by atoms with Crippen molar-refractivity contribution in [2.24, 2.45) is 0 Å². The van der Waals surface area contributed by atoms with Crippen LogP contribution >= 0.6 is 0 Å². The number of nitrogens with zero attached hydrogens (tertiary/aromatic N) is 4. The lowest BCUT2D eigenvalue weighted by Gasteiger charge is -2.34. The summed E-state index contributed by atoms with van der Waals surface area (Å²) in [6.07, 6.45) is -3.18. The lowest BCUT2D eigenvalue weighted by Crippen LogP contribution is -2.50. The molecule has 0 radical (unpaired) electrons. The SMILES string of the molecule is COc1cn(-c2cccc(C(F)(F)F)c2)nc1C(=O)N1CCN(C(=O)c2ccc(C)c(F)c2)CC1. The molecule has 0 N–H and O–H groups in total. The lowest BCUT2D eigenvalue weighted by molar-refractivity contribution is -0.137. The van der Waals surface area contributed by atoms with Crippen LogP contribution in [0.3, 0.4) is 0 Å². The van der Waals surface area contributed by atoms with E-state index in [-0.39, 0.29) is 54.8 Å². The van der Waals surface area contributed by atoms with Gasteiger partial charge in [0.2, 0.25) is 0 Å². The van der Waals surface area contributed by atoms with Crippen LogP contribution in [0.2, 0.25) is 0 Å². The molecule has 2 amide bonds. The summed E-state index contributed by atoms with van der Waals surface area (Å²) in [4.78, 5) is 28.8. The number of ether oxygens (including phenoxy) is 1. The average Bonchev–Trinajstić information content (AvgIpc) is 3.29. The first-order valence-electron chi connectivity index (χ1n) is 10.7. The summed E-state index contributed by atoms with van der Waals surface area (Å²) >= 11 is 0. The second kappa shape index (κ2) is 9.40. The molecule has 1 aliphatic rings. The molecule has 0 saturated carbocycles. The fraction of sp³-hybridized carbons (Fsp3) is 0.292. The van der Waals surface area contributed by atoms with E-state index >= 15 is 0 Å². The van der Waals surface area contributed by atoms with Gasteiger partial charge < -0.3 is 14.5 Å². The molecule has 2 aromatic carbocycles. The topological polar surface area (TPSA) is 67.7 Å². The number of rotatable bonds is 4. The van der Waals surface area contributed by atoms with Gasteiger partial charge >= 0.3 is 6.18 Å². The first kappa shape index (κ1) is 24.2. The quantitative estimate of drug-likeness (QED) is 0.520. The lowest BCUT2D eigenvalue weighted by atomic mass is 10.1. The summed E-state index contributed by atoms with van der Waals surface area (Å²) < 4.78 is 59.5. The number of hydrogen-bond donors (Lipinski definition) is 0. The fourth-order valence-corrected chi connectivity index (χ4v) is 3.78. The van der Waals surface area contributed by atoms with Crippen LogP contribution in [-0.2, 0) is 6.18 Å². The first-order valence-corrected chi connectivity index (χ1v) is 10.7. The molecule has 1 fully saturated rings. The molecule has 0 aliphatic carbocycles. The molecule has 0 atom stereocenters. The number of methoxy groups -OCH3 is 1. The molecular weight excluding hydrogens is 468 g/mol. The number of hydrogen-bond acceptors (Lipinski definition) is 4. The summed E-state index contributed by atoms with van der Waals surface area (Å²) in [5.74, 6) is -1.15. The van der Waals surface area contributed by atoms with E-state index in [1.807, 2.05) is 0 Å². The molecule has 0 spiro atoms. The van der Waals surface area contributed by atoms with E-state index in [1.54, 1.807) is 13.0 Å². The Bertz CT molecular complexity index is 1260. The minimum atomic E-state index is -4.52. The van der Waals surface area contributed by atoms with Crippen LogP contribution < -0.4 is 4.74 Å². The Morgan fingerprint density at radius 2 is 1.63 bits per heavy atom. The van der Waals surface area contributed by atoms with Crippen LogP contribution in [0, 0.1) is 12.7 Å². The zero-order valence-electron chi connectivity index (χ0n) is 19.0. The minimum Gasteiger partial charge on any atom is -0.493 e. The van der Waals surface area contributed by atoms with Crippen LogP contribution in [0.5, 0.6) is 5.75 Å². The van der Waals surface area contributed by atoms with Crippen molar-refractivity contribution in [3.63, 3.8) is 0 Å². The van der Waals surface area contributed by atoms with Crippen molar-refractivity contribution in [3.05, 3.63) is 76.9 Å². The second-order valence-electron chi connectivity index (χ2n) is 8.09. The van der Waals surface area contributed by atoms with Crippen molar-refractivity contribution < 1.29 is 31.9 Å². The molecule has 1 aromatic heterocycles. The van der Waals surface area contributed by atoms with Crippen molar-refractivity contribution in [1.82, 2.24) is 19.6 Å². The van der Waals surface area contributed by atoms with E-state index < -0.39 is 23.5 Å². The number of aromatic nitrogens is 2. The Morgan fingerprint density at radius 1 is 0.971 bits per heavy atom. The van der Waals surface area contributed by atoms with Gasteiger partial charge in [0.25, 0.3) is 11.8 Å². The molecule has 11 heteroatoms. The molecule has 1 saturated heterocycles. The van der Waals surface area contributed by atoms with E-state index in [2.05, 4.69) is 5.10 Å². The third-order valence-electron chi connectivity index (χ3n) is 5.81. The number of piperazine rings is 1. The monoisotopic (exact) mass is 490 g/mol. The van der Waals surface area contributed by atoms with Gasteiger partial charge in [-0.1, -0.05) is 12.1 Å². The molecule has 2 heterocycles. The summed E-state index contributed by atoms with van der Waals surface area (Å²) in [5.41, 5.74) is -0.0975. The second-order valence-corrected chi connectivity index (χ2v) is 8.09. The van der Waals surface area contributed by atoms with Crippen molar-refractivity contribution >= 4 is 11.8 Å². The van der Waals surface area contributed by atoms with Gasteiger partial charge in [-0.3, -0.25) is 9.59 Å². The van der Waals surface area contributed by atoms with Gasteiger partial charge in [-0.05, 0) is 42.8 Å². The molecule has 4 rings (SSSR count). The maximum absolute atomic E-state index is 13.8. The number of carbonyl (C=O) groups is 2. The highest BCUT2D eigenvalue weighted by Gasteiger charge is 2.32. The van der Waals surface area contributed by atoms with E-state index in [0.717, 1.165) is 16.8 Å². The Kier molecular flexibility index (Phi) is 6.51. The molecule has 0 bridgehead atoms. The van der Waals surface area contributed by atoms with Gasteiger partial charge in [0.05, 0.1) is 24.6 Å². The summed E-state index contributed by atoms with van der Waals surface area (Å²) in [5, 5.41) is 4.18. The van der Waals surface area contributed by atoms with Gasteiger partial charge in [0.1, 0.15) is 5.82 Å². The molecule has 0 unspecified atom stereocenters. The van der Waals surface area contributed by atoms with E-state index in [0.29, 0.717) is 5.56 Å². The normalized spacial score (nSPS) is 14.2. The Hall–Kier alpha value is -3.89. The minimum absolute atomic E-state index is 0.0507. The Morgan fingerprint density at radius 3 is 2.23 bits per heavy atom. The third-order valence-corrected chi connectivity index (χ3v) is 5.81. The largest absolute Gasteiger partial charge is 0.493 e. The molecule has 7 nitrogen and oxygen atoms in total. The number of amides is 2. The van der Waals surface area contributed by atoms with Gasteiger partial charge in [0, 0.05) is 31.7 Å². The number of alkyl halides is 3. The molecule has 3 aromatic rings. The Labute approximate surface area is 198 Å². The van der Waals surface area contributed by atoms with Crippen LogP contribution in [0.15, 0.2) is 48.7 Å². The summed E-state index contributed by atoms with van der Waals surface area (Å²) in [6.45, 7) is 2.49. The zero-order chi connectivity index (χ0) is 25.3. The van der Waals surface area contributed by atoms with Crippen LogP contribution in [0.25, 0.3) is 5.69 Å². The maximum Gasteiger partial charge on any atom is 0.416 e. The number of halogens is 4. The average molecular weight is 490 g/mol. The maximum atomic E-state index is 13.8. The highest BCUT2D eigenvalue weighted by Crippen LogP contribution is 2.31. The molecule has 35 heavy (non-hydrogen) atoms. The van der Waals surface area contributed by atoms with Gasteiger partial charge in [-0.15, -0.1) is 0 Å². The highest BCUT2D eigenvalue weighted by atomic mass is 19.4. The van der Waals surface area contributed by atoms with Crippen molar-refractivity contribution in [3.8, 4) is 11.4 Å². The molecule has 1 aliphatic heterocycles. The molecular formula is C24H22F4N4O3. The summed E-state index contributed by atoms with van der Waals surface area (Å²) in [6, 6.07) is 8.86. The van der Waals surface area contributed by atoms with Gasteiger partial charge in [-0.25, -0.2) is 9.07 Å². The number of aryl methyl sites for hydroxylation is 1. The zero-order valence-corrected chi connectivity index (χ0v) is 19.0. The van der Waals surface area contributed by atoms with Gasteiger partial charge in [-0.2, -0.15) is 18.3 Å². The van der Waals surface area contributed by atoms with Crippen LogP contribution in [0.4, 0.5) is 17.6 Å². The smallest absolute Gasteiger partial charge is 0.416 e. The van der Waals surface area contributed by atoms with E-state index in [9.17, 15) is 27.2 Å². The van der Waals surface area contributed by atoms with E-state index in [4.69, 9.17) is 4.74 Å². The van der Waals surface area contributed by atoms with Crippen molar-refractivity contribution in [2.75, 3.05) is 33.3 Å². The number of benzene rings is 2. The van der Waals surface area contributed by atoms with Crippen molar-refractivity contribution in [1.29, 1.82) is 0 Å². The van der Waals surface area contributed by atoms with Gasteiger partial charge in [0.15, 0.2) is 11.4 Å². The molecule has 184 valence electrons. The summed E-state index contributed by atoms with van der Waals surface area (Å²) in [7, 11) is 1.33. The number of carbonyl (C=O) groups excluding carboxylic acids is 2. The highest BCUT2D eigenvalue weighted by molar-refractivity contribution is 5.96. The fourth-order valence-electron chi connectivity index (χ4n) is 3.78. The predicted octanol–water partition coefficient (Wildman–Crippen LogP) is 3.95. The third kappa shape index (κ3) is 4.98.